The lowest BCUT2D eigenvalue weighted by Gasteiger charge is -2.49. The summed E-state index contributed by atoms with van der Waals surface area (Å²) in [5.74, 6) is 2.18. The molecule has 2 aliphatic heterocycles. The van der Waals surface area contributed by atoms with Crippen LogP contribution in [-0.2, 0) is 15.3 Å². The van der Waals surface area contributed by atoms with Gasteiger partial charge in [0, 0.05) is 33.1 Å². The van der Waals surface area contributed by atoms with Gasteiger partial charge in [-0.25, -0.2) is 0 Å². The molecule has 0 radical (unpaired) electrons. The molecule has 2 aliphatic rings. The van der Waals surface area contributed by atoms with Gasteiger partial charge < -0.3 is 19.4 Å². The average Bonchev–Trinajstić information content (AvgIpc) is 3.00. The standard InChI is InChI=1S/C17H26N4O4S/c1-12-18-15(25-19-12)9-26-10-16(24)20-5-3-17(4-6-20)7-14(23)8-21(11-17)13(2)22/h14,23H,3-11H2,1-2H3. The van der Waals surface area contributed by atoms with Crippen molar-refractivity contribution in [1.29, 1.82) is 0 Å². The molecule has 9 heteroatoms. The van der Waals surface area contributed by atoms with Crippen LogP contribution in [0.2, 0.25) is 0 Å². The Balaban J connectivity index is 1.46. The Hall–Kier alpha value is -1.61. The highest BCUT2D eigenvalue weighted by Gasteiger charge is 2.42. The van der Waals surface area contributed by atoms with Crippen LogP contribution in [0.5, 0.6) is 0 Å². The summed E-state index contributed by atoms with van der Waals surface area (Å²) in [5, 5.41) is 13.9. The largest absolute Gasteiger partial charge is 0.391 e. The molecule has 0 aliphatic carbocycles. The molecule has 2 fully saturated rings. The van der Waals surface area contributed by atoms with Gasteiger partial charge in [0.05, 0.1) is 17.6 Å². The molecule has 3 heterocycles. The fraction of sp³-hybridized carbons (Fsp3) is 0.765. The van der Waals surface area contributed by atoms with E-state index in [1.807, 2.05) is 4.90 Å². The first-order valence-electron chi connectivity index (χ1n) is 8.95. The van der Waals surface area contributed by atoms with Gasteiger partial charge in [-0.15, -0.1) is 11.8 Å². The summed E-state index contributed by atoms with van der Waals surface area (Å²) >= 11 is 1.47. The van der Waals surface area contributed by atoms with Crippen LogP contribution in [0, 0.1) is 12.3 Å². The lowest BCUT2D eigenvalue weighted by Crippen LogP contribution is -2.55. The highest BCUT2D eigenvalue weighted by molar-refractivity contribution is 7.99. The van der Waals surface area contributed by atoms with Gasteiger partial charge in [0.15, 0.2) is 5.82 Å². The third-order valence-corrected chi connectivity index (χ3v) is 6.17. The van der Waals surface area contributed by atoms with Gasteiger partial charge in [-0.1, -0.05) is 5.16 Å². The van der Waals surface area contributed by atoms with Crippen molar-refractivity contribution in [2.75, 3.05) is 31.9 Å². The Labute approximate surface area is 157 Å². The van der Waals surface area contributed by atoms with E-state index in [2.05, 4.69) is 10.1 Å². The molecule has 0 bridgehead atoms. The Kier molecular flexibility index (Phi) is 5.86. The van der Waals surface area contributed by atoms with Crippen LogP contribution in [0.1, 0.15) is 37.9 Å². The normalized spacial score (nSPS) is 22.7. The Morgan fingerprint density at radius 2 is 2.08 bits per heavy atom. The van der Waals surface area contributed by atoms with E-state index in [0.29, 0.717) is 55.8 Å². The minimum absolute atomic E-state index is 0.00860. The first kappa shape index (κ1) is 19.2. The van der Waals surface area contributed by atoms with Crippen molar-refractivity contribution in [3.63, 3.8) is 0 Å². The lowest BCUT2D eigenvalue weighted by molar-refractivity contribution is -0.141. The minimum atomic E-state index is -0.469. The van der Waals surface area contributed by atoms with E-state index >= 15 is 0 Å². The first-order chi connectivity index (χ1) is 12.4. The molecule has 2 amide bonds. The number of aliphatic hydroxyl groups excluding tert-OH is 1. The number of nitrogens with zero attached hydrogens (tertiary/aromatic N) is 4. The average molecular weight is 382 g/mol. The van der Waals surface area contributed by atoms with Crippen molar-refractivity contribution in [3.8, 4) is 0 Å². The number of piperidine rings is 2. The number of hydrogen-bond acceptors (Lipinski definition) is 7. The summed E-state index contributed by atoms with van der Waals surface area (Å²) in [4.78, 5) is 31.9. The fourth-order valence-electron chi connectivity index (χ4n) is 3.90. The molecule has 1 atom stereocenters. The number of thioether (sulfide) groups is 1. The van der Waals surface area contributed by atoms with Crippen LogP contribution in [0.3, 0.4) is 0 Å². The third-order valence-electron chi connectivity index (χ3n) is 5.27. The highest BCUT2D eigenvalue weighted by atomic mass is 32.2. The molecule has 0 aromatic carbocycles. The molecular formula is C17H26N4O4S. The molecule has 0 saturated carbocycles. The predicted molar refractivity (Wildman–Crippen MR) is 96.3 cm³/mol. The summed E-state index contributed by atoms with van der Waals surface area (Å²) < 4.78 is 5.04. The Bertz CT molecular complexity index is 657. The van der Waals surface area contributed by atoms with Gasteiger partial charge in [0.1, 0.15) is 0 Å². The van der Waals surface area contributed by atoms with E-state index < -0.39 is 6.10 Å². The molecule has 1 N–H and O–H groups in total. The van der Waals surface area contributed by atoms with Crippen molar-refractivity contribution in [1.82, 2.24) is 19.9 Å². The van der Waals surface area contributed by atoms with Crippen molar-refractivity contribution in [2.45, 2.75) is 45.0 Å². The van der Waals surface area contributed by atoms with Crippen LogP contribution < -0.4 is 0 Å². The number of hydrogen-bond donors (Lipinski definition) is 1. The smallest absolute Gasteiger partial charge is 0.236 e. The monoisotopic (exact) mass is 382 g/mol. The predicted octanol–water partition coefficient (Wildman–Crippen LogP) is 0.833. The molecule has 1 spiro atoms. The van der Waals surface area contributed by atoms with E-state index in [1.165, 1.54) is 11.8 Å². The zero-order chi connectivity index (χ0) is 18.7. The molecule has 144 valence electrons. The van der Waals surface area contributed by atoms with E-state index in [0.717, 1.165) is 12.8 Å². The van der Waals surface area contributed by atoms with Gasteiger partial charge in [0.25, 0.3) is 0 Å². The van der Waals surface area contributed by atoms with E-state index in [4.69, 9.17) is 4.52 Å². The number of amides is 2. The molecular weight excluding hydrogens is 356 g/mol. The maximum atomic E-state index is 12.4. The van der Waals surface area contributed by atoms with Crippen LogP contribution in [-0.4, -0.2) is 74.9 Å². The maximum absolute atomic E-state index is 12.4. The van der Waals surface area contributed by atoms with Crippen LogP contribution in [0.25, 0.3) is 0 Å². The van der Waals surface area contributed by atoms with E-state index in [1.54, 1.807) is 18.7 Å². The fourth-order valence-corrected chi connectivity index (χ4v) is 4.65. The second-order valence-electron chi connectivity index (χ2n) is 7.37. The summed E-state index contributed by atoms with van der Waals surface area (Å²) in [7, 11) is 0. The molecule has 2 saturated heterocycles. The summed E-state index contributed by atoms with van der Waals surface area (Å²) in [6.45, 7) is 5.78. The molecule has 8 nitrogen and oxygen atoms in total. The summed E-state index contributed by atoms with van der Waals surface area (Å²) in [5.41, 5.74) is -0.0610. The van der Waals surface area contributed by atoms with Gasteiger partial charge in [-0.05, 0) is 31.6 Å². The van der Waals surface area contributed by atoms with Gasteiger partial charge in [0.2, 0.25) is 17.7 Å². The number of carbonyl (C=O) groups is 2. The van der Waals surface area contributed by atoms with Crippen LogP contribution >= 0.6 is 11.8 Å². The van der Waals surface area contributed by atoms with Crippen LogP contribution in [0.15, 0.2) is 4.52 Å². The highest BCUT2D eigenvalue weighted by Crippen LogP contribution is 2.40. The molecule has 1 aromatic heterocycles. The van der Waals surface area contributed by atoms with E-state index in [9.17, 15) is 14.7 Å². The summed E-state index contributed by atoms with van der Waals surface area (Å²) in [6.07, 6.45) is 1.90. The number of β-amino-alcohol motifs (C(OH)–C–C–N with tert-alkyl or cyclic N) is 1. The van der Waals surface area contributed by atoms with Crippen molar-refractivity contribution < 1.29 is 19.2 Å². The zero-order valence-corrected chi connectivity index (χ0v) is 16.1. The number of likely N-dealkylation sites (tertiary alicyclic amines) is 2. The topological polar surface area (TPSA) is 99.8 Å². The lowest BCUT2D eigenvalue weighted by atomic mass is 9.71. The number of rotatable bonds is 4. The van der Waals surface area contributed by atoms with Gasteiger partial charge in [-0.3, -0.25) is 9.59 Å². The van der Waals surface area contributed by atoms with Crippen molar-refractivity contribution >= 4 is 23.6 Å². The Morgan fingerprint density at radius 1 is 1.35 bits per heavy atom. The van der Waals surface area contributed by atoms with Crippen molar-refractivity contribution in [2.24, 2.45) is 5.41 Å². The van der Waals surface area contributed by atoms with E-state index in [-0.39, 0.29) is 17.2 Å². The maximum Gasteiger partial charge on any atom is 0.236 e. The second-order valence-corrected chi connectivity index (χ2v) is 8.35. The number of aryl methyl sites for hydroxylation is 1. The molecule has 3 rings (SSSR count). The molecule has 1 unspecified atom stereocenters. The number of aromatic nitrogens is 2. The zero-order valence-electron chi connectivity index (χ0n) is 15.3. The van der Waals surface area contributed by atoms with Crippen molar-refractivity contribution in [3.05, 3.63) is 11.7 Å². The Morgan fingerprint density at radius 3 is 2.69 bits per heavy atom. The minimum Gasteiger partial charge on any atom is -0.391 e. The summed E-state index contributed by atoms with van der Waals surface area (Å²) in [6, 6.07) is 0. The van der Waals surface area contributed by atoms with Gasteiger partial charge >= 0.3 is 0 Å². The van der Waals surface area contributed by atoms with Crippen LogP contribution in [0.4, 0.5) is 0 Å². The quantitative estimate of drug-likeness (QED) is 0.823. The molecule has 26 heavy (non-hydrogen) atoms. The molecule has 1 aromatic rings. The third kappa shape index (κ3) is 4.56. The second kappa shape index (κ2) is 7.96. The first-order valence-corrected chi connectivity index (χ1v) is 10.1. The van der Waals surface area contributed by atoms with Gasteiger partial charge in [-0.2, -0.15) is 4.98 Å². The SMILES string of the molecule is CC(=O)N1CC(O)CC2(CCN(C(=O)CSCc3nc(C)no3)CC2)C1. The number of carbonyl (C=O) groups excluding carboxylic acids is 2. The number of aliphatic hydroxyl groups is 1.